The van der Waals surface area contributed by atoms with E-state index in [1.54, 1.807) is 4.68 Å². The molecule has 120 valence electrons. The number of aromatic nitrogens is 3. The van der Waals surface area contributed by atoms with Crippen LogP contribution in [0.5, 0.6) is 0 Å². The van der Waals surface area contributed by atoms with Crippen molar-refractivity contribution >= 4 is 5.91 Å². The molecule has 0 saturated heterocycles. The van der Waals surface area contributed by atoms with Crippen LogP contribution >= 0.6 is 0 Å². The van der Waals surface area contributed by atoms with Crippen LogP contribution in [0.4, 0.5) is 0 Å². The van der Waals surface area contributed by atoms with Gasteiger partial charge in [0.2, 0.25) is 0 Å². The summed E-state index contributed by atoms with van der Waals surface area (Å²) in [7, 11) is 0. The molecule has 1 aromatic heterocycles. The van der Waals surface area contributed by atoms with Gasteiger partial charge in [0.25, 0.3) is 5.91 Å². The first-order valence-electron chi connectivity index (χ1n) is 8.08. The van der Waals surface area contributed by atoms with Gasteiger partial charge < -0.3 is 4.90 Å². The van der Waals surface area contributed by atoms with E-state index in [-0.39, 0.29) is 5.91 Å². The van der Waals surface area contributed by atoms with Crippen LogP contribution in [-0.2, 0) is 13.0 Å². The summed E-state index contributed by atoms with van der Waals surface area (Å²) in [5, 5.41) is 8.31. The zero-order chi connectivity index (χ0) is 16.5. The number of benzene rings is 2. The van der Waals surface area contributed by atoms with Crippen molar-refractivity contribution in [1.29, 1.82) is 0 Å². The van der Waals surface area contributed by atoms with Gasteiger partial charge in [0.15, 0.2) is 5.69 Å². The zero-order valence-corrected chi connectivity index (χ0v) is 13.5. The van der Waals surface area contributed by atoms with E-state index in [1.807, 2.05) is 54.3 Å². The fourth-order valence-corrected chi connectivity index (χ4v) is 3.16. The molecule has 0 atom stereocenters. The average molecular weight is 318 g/mol. The quantitative estimate of drug-likeness (QED) is 0.730. The third kappa shape index (κ3) is 2.48. The van der Waals surface area contributed by atoms with Crippen LogP contribution in [0.3, 0.4) is 0 Å². The van der Waals surface area contributed by atoms with Gasteiger partial charge in [-0.1, -0.05) is 47.7 Å². The van der Waals surface area contributed by atoms with Gasteiger partial charge in [0.05, 0.1) is 11.4 Å². The fraction of sp³-hybridized carbons (Fsp3) is 0.211. The highest BCUT2D eigenvalue weighted by Gasteiger charge is 2.26. The number of hydrogen-bond acceptors (Lipinski definition) is 3. The lowest BCUT2D eigenvalue weighted by atomic mass is 10.00. The first-order valence-corrected chi connectivity index (χ1v) is 8.08. The van der Waals surface area contributed by atoms with Gasteiger partial charge in [-0.25, -0.2) is 4.68 Å². The third-order valence-corrected chi connectivity index (χ3v) is 4.52. The summed E-state index contributed by atoms with van der Waals surface area (Å²) in [6, 6.07) is 18.0. The van der Waals surface area contributed by atoms with Crippen LogP contribution in [0.2, 0.25) is 0 Å². The molecule has 2 heterocycles. The number of fused-ring (bicyclic) bond motifs is 1. The maximum absolute atomic E-state index is 12.9. The van der Waals surface area contributed by atoms with Crippen molar-refractivity contribution in [3.63, 3.8) is 0 Å². The van der Waals surface area contributed by atoms with Crippen molar-refractivity contribution in [2.24, 2.45) is 0 Å². The highest BCUT2D eigenvalue weighted by Crippen LogP contribution is 2.21. The lowest BCUT2D eigenvalue weighted by Crippen LogP contribution is -2.36. The van der Waals surface area contributed by atoms with Crippen LogP contribution in [0.25, 0.3) is 5.69 Å². The largest absolute Gasteiger partial charge is 0.333 e. The van der Waals surface area contributed by atoms with Crippen molar-refractivity contribution in [1.82, 2.24) is 19.9 Å². The summed E-state index contributed by atoms with van der Waals surface area (Å²) in [5.74, 6) is -0.0517. The second-order valence-corrected chi connectivity index (χ2v) is 6.02. The lowest BCUT2D eigenvalue weighted by molar-refractivity contribution is 0.0728. The molecule has 0 N–H and O–H groups in total. The van der Waals surface area contributed by atoms with Crippen molar-refractivity contribution in [3.05, 3.63) is 77.1 Å². The van der Waals surface area contributed by atoms with Crippen LogP contribution in [0.15, 0.2) is 54.6 Å². The lowest BCUT2D eigenvalue weighted by Gasteiger charge is -2.28. The minimum atomic E-state index is -0.0517. The Morgan fingerprint density at radius 1 is 1.00 bits per heavy atom. The van der Waals surface area contributed by atoms with E-state index < -0.39 is 0 Å². The second kappa shape index (κ2) is 5.92. The molecule has 0 fully saturated rings. The number of para-hydroxylation sites is 1. The average Bonchev–Trinajstić information content (AvgIpc) is 3.03. The molecule has 1 aliphatic heterocycles. The Bertz CT molecular complexity index is 885. The first-order chi connectivity index (χ1) is 11.7. The summed E-state index contributed by atoms with van der Waals surface area (Å²) in [6.45, 7) is 3.23. The van der Waals surface area contributed by atoms with Crippen molar-refractivity contribution in [2.75, 3.05) is 6.54 Å². The molecular weight excluding hydrogens is 300 g/mol. The Labute approximate surface area is 140 Å². The molecule has 0 saturated carbocycles. The minimum Gasteiger partial charge on any atom is -0.333 e. The van der Waals surface area contributed by atoms with Gasteiger partial charge in [-0.3, -0.25) is 4.79 Å². The molecule has 0 bridgehead atoms. The van der Waals surface area contributed by atoms with Gasteiger partial charge >= 0.3 is 0 Å². The van der Waals surface area contributed by atoms with Gasteiger partial charge in [-0.15, -0.1) is 5.10 Å². The van der Waals surface area contributed by atoms with E-state index >= 15 is 0 Å². The highest BCUT2D eigenvalue weighted by molar-refractivity contribution is 5.93. The Morgan fingerprint density at radius 3 is 2.50 bits per heavy atom. The van der Waals surface area contributed by atoms with Gasteiger partial charge in [0.1, 0.15) is 0 Å². The maximum Gasteiger partial charge on any atom is 0.276 e. The van der Waals surface area contributed by atoms with Gasteiger partial charge in [-0.05, 0) is 36.6 Å². The molecule has 2 aromatic carbocycles. The highest BCUT2D eigenvalue weighted by atomic mass is 16.2. The second-order valence-electron chi connectivity index (χ2n) is 6.02. The van der Waals surface area contributed by atoms with Crippen molar-refractivity contribution < 1.29 is 4.79 Å². The molecule has 5 nitrogen and oxygen atoms in total. The van der Waals surface area contributed by atoms with E-state index in [4.69, 9.17) is 0 Å². The Kier molecular flexibility index (Phi) is 3.61. The molecule has 0 radical (unpaired) electrons. The van der Waals surface area contributed by atoms with Crippen LogP contribution in [0, 0.1) is 6.92 Å². The topological polar surface area (TPSA) is 51.0 Å². The number of rotatable bonds is 2. The SMILES string of the molecule is Cc1c(C(=O)N2CCc3ccccc3C2)nnn1-c1ccccc1. The predicted molar refractivity (Wildman–Crippen MR) is 91.0 cm³/mol. The molecule has 0 spiro atoms. The molecule has 1 amide bonds. The van der Waals surface area contributed by atoms with Crippen molar-refractivity contribution in [3.8, 4) is 5.69 Å². The normalized spacial score (nSPS) is 13.6. The van der Waals surface area contributed by atoms with Gasteiger partial charge in [-0.2, -0.15) is 0 Å². The summed E-state index contributed by atoms with van der Waals surface area (Å²) < 4.78 is 1.71. The molecule has 3 aromatic rings. The van der Waals surface area contributed by atoms with Crippen molar-refractivity contribution in [2.45, 2.75) is 19.9 Å². The minimum absolute atomic E-state index is 0.0517. The van der Waals surface area contributed by atoms with Crippen LogP contribution < -0.4 is 0 Å². The van der Waals surface area contributed by atoms with E-state index in [1.165, 1.54) is 11.1 Å². The molecule has 5 heteroatoms. The van der Waals surface area contributed by atoms with Crippen LogP contribution in [-0.4, -0.2) is 32.3 Å². The third-order valence-electron chi connectivity index (χ3n) is 4.52. The molecule has 0 aliphatic carbocycles. The van der Waals surface area contributed by atoms with Crippen LogP contribution in [0.1, 0.15) is 27.3 Å². The standard InChI is InChI=1S/C19H18N4O/c1-14-18(20-21-23(14)17-9-3-2-4-10-17)19(24)22-12-11-15-7-5-6-8-16(15)13-22/h2-10H,11-13H2,1H3. The Balaban J connectivity index is 1.61. The van der Waals surface area contributed by atoms with E-state index in [0.717, 1.165) is 17.8 Å². The summed E-state index contributed by atoms with van der Waals surface area (Å²) in [5.41, 5.74) is 4.64. The molecule has 4 rings (SSSR count). The summed E-state index contributed by atoms with van der Waals surface area (Å²) >= 11 is 0. The Morgan fingerprint density at radius 2 is 1.71 bits per heavy atom. The Hall–Kier alpha value is -2.95. The predicted octanol–water partition coefficient (Wildman–Crippen LogP) is 2.77. The van der Waals surface area contributed by atoms with Gasteiger partial charge in [0, 0.05) is 13.1 Å². The molecule has 0 unspecified atom stereocenters. The number of carbonyl (C=O) groups is 1. The smallest absolute Gasteiger partial charge is 0.276 e. The molecule has 1 aliphatic rings. The first kappa shape index (κ1) is 14.6. The number of amides is 1. The molecular formula is C19H18N4O. The zero-order valence-electron chi connectivity index (χ0n) is 13.5. The van der Waals surface area contributed by atoms with E-state index in [2.05, 4.69) is 22.4 Å². The molecule has 24 heavy (non-hydrogen) atoms. The maximum atomic E-state index is 12.9. The summed E-state index contributed by atoms with van der Waals surface area (Å²) in [4.78, 5) is 14.7. The van der Waals surface area contributed by atoms with E-state index in [0.29, 0.717) is 18.8 Å². The number of carbonyl (C=O) groups excluding carboxylic acids is 1. The summed E-state index contributed by atoms with van der Waals surface area (Å²) in [6.07, 6.45) is 0.883. The fourth-order valence-electron chi connectivity index (χ4n) is 3.16. The number of hydrogen-bond donors (Lipinski definition) is 0. The number of nitrogens with zero attached hydrogens (tertiary/aromatic N) is 4. The van der Waals surface area contributed by atoms with E-state index in [9.17, 15) is 4.79 Å². The monoisotopic (exact) mass is 318 g/mol.